The number of rotatable bonds is 5. The van der Waals surface area contributed by atoms with E-state index in [0.717, 1.165) is 16.5 Å². The molecule has 2 aromatic rings. The third kappa shape index (κ3) is 3.20. The largest absolute Gasteiger partial charge is 0.508 e. The summed E-state index contributed by atoms with van der Waals surface area (Å²) in [5, 5.41) is 12.4. The van der Waals surface area contributed by atoms with Crippen LogP contribution in [0.2, 0.25) is 0 Å². The molecule has 1 unspecified atom stereocenters. The summed E-state index contributed by atoms with van der Waals surface area (Å²) < 4.78 is 37.1. The fourth-order valence-corrected chi connectivity index (χ4v) is 2.07. The molecule has 1 aromatic heterocycles. The molecule has 2 rings (SSSR count). The molecule has 3 N–H and O–H groups in total. The molecule has 1 heterocycles. The van der Waals surface area contributed by atoms with Gasteiger partial charge in [-0.25, -0.2) is 13.2 Å². The number of phenols is 1. The predicted molar refractivity (Wildman–Crippen MR) is 67.2 cm³/mol. The fourth-order valence-electron chi connectivity index (χ4n) is 2.07. The lowest BCUT2D eigenvalue weighted by molar-refractivity contribution is 0.0251. The van der Waals surface area contributed by atoms with Crippen molar-refractivity contribution in [3.8, 4) is 5.75 Å². The van der Waals surface area contributed by atoms with Crippen LogP contribution in [0, 0.1) is 0 Å². The molecule has 0 saturated carbocycles. The van der Waals surface area contributed by atoms with E-state index in [1.807, 2.05) is 0 Å². The highest BCUT2D eigenvalue weighted by atomic mass is 19.3. The number of benzene rings is 1. The predicted octanol–water partition coefficient (Wildman–Crippen LogP) is 2.95. The van der Waals surface area contributed by atoms with E-state index in [4.69, 9.17) is 0 Å². The van der Waals surface area contributed by atoms with E-state index < -0.39 is 18.8 Å². The van der Waals surface area contributed by atoms with Crippen LogP contribution in [0.5, 0.6) is 5.75 Å². The van der Waals surface area contributed by atoms with Crippen LogP contribution in [0.3, 0.4) is 0 Å². The van der Waals surface area contributed by atoms with Crippen molar-refractivity contribution in [1.82, 2.24) is 10.3 Å². The first-order valence-corrected chi connectivity index (χ1v) is 5.94. The van der Waals surface area contributed by atoms with Gasteiger partial charge in [-0.2, -0.15) is 0 Å². The second kappa shape index (κ2) is 5.52. The van der Waals surface area contributed by atoms with Gasteiger partial charge in [-0.15, -0.1) is 0 Å². The molecule has 0 spiro atoms. The minimum Gasteiger partial charge on any atom is -0.508 e. The second-order valence-electron chi connectivity index (χ2n) is 4.55. The van der Waals surface area contributed by atoms with Crippen molar-refractivity contribution >= 4 is 10.9 Å². The highest BCUT2D eigenvalue weighted by Crippen LogP contribution is 2.24. The minimum absolute atomic E-state index is 0.130. The zero-order valence-corrected chi connectivity index (χ0v) is 10.3. The zero-order chi connectivity index (χ0) is 14.0. The summed E-state index contributed by atoms with van der Waals surface area (Å²) in [4.78, 5) is 3.02. The lowest BCUT2D eigenvalue weighted by Crippen LogP contribution is -2.39. The molecule has 0 saturated heterocycles. The highest BCUT2D eigenvalue weighted by Gasteiger charge is 2.21. The Kier molecular flexibility index (Phi) is 3.99. The highest BCUT2D eigenvalue weighted by molar-refractivity contribution is 5.84. The van der Waals surface area contributed by atoms with Crippen LogP contribution in [0.15, 0.2) is 24.4 Å². The summed E-state index contributed by atoms with van der Waals surface area (Å²) in [5.74, 6) is 0.130. The van der Waals surface area contributed by atoms with E-state index in [1.165, 1.54) is 0 Å². The first-order chi connectivity index (χ1) is 8.97. The Balaban J connectivity index is 2.10. The van der Waals surface area contributed by atoms with E-state index in [1.54, 1.807) is 31.3 Å². The van der Waals surface area contributed by atoms with Gasteiger partial charge >= 0.3 is 0 Å². The molecule has 19 heavy (non-hydrogen) atoms. The molecule has 0 aliphatic carbocycles. The van der Waals surface area contributed by atoms with Crippen molar-refractivity contribution in [2.75, 3.05) is 0 Å². The summed E-state index contributed by atoms with van der Waals surface area (Å²) in [7, 11) is 0. The van der Waals surface area contributed by atoms with Crippen molar-refractivity contribution < 1.29 is 18.3 Å². The van der Waals surface area contributed by atoms with Crippen molar-refractivity contribution in [2.24, 2.45) is 0 Å². The van der Waals surface area contributed by atoms with Crippen LogP contribution in [-0.4, -0.2) is 28.9 Å². The SMILES string of the molecule is C[C@H](Cc1c[nH]c2ccc(O)cc12)NC(F)C(F)F. The number of halogens is 3. The molecule has 0 radical (unpaired) electrons. The smallest absolute Gasteiger partial charge is 0.282 e. The molecular formula is C13H15F3N2O. The Bertz CT molecular complexity index is 556. The summed E-state index contributed by atoms with van der Waals surface area (Å²) in [6.45, 7) is 1.64. The summed E-state index contributed by atoms with van der Waals surface area (Å²) in [6.07, 6.45) is -3.24. The van der Waals surface area contributed by atoms with Gasteiger partial charge in [0.05, 0.1) is 0 Å². The van der Waals surface area contributed by atoms with E-state index >= 15 is 0 Å². The monoisotopic (exact) mass is 272 g/mol. The van der Waals surface area contributed by atoms with Gasteiger partial charge < -0.3 is 10.1 Å². The van der Waals surface area contributed by atoms with Crippen molar-refractivity contribution in [3.63, 3.8) is 0 Å². The molecule has 0 amide bonds. The Labute approximate surface area is 108 Å². The number of hydrogen-bond donors (Lipinski definition) is 3. The maximum atomic E-state index is 12.9. The molecule has 2 atom stereocenters. The summed E-state index contributed by atoms with van der Waals surface area (Å²) >= 11 is 0. The molecular weight excluding hydrogens is 257 g/mol. The topological polar surface area (TPSA) is 48.0 Å². The van der Waals surface area contributed by atoms with Gasteiger partial charge in [0.25, 0.3) is 6.43 Å². The number of alkyl halides is 3. The van der Waals surface area contributed by atoms with E-state index in [9.17, 15) is 18.3 Å². The van der Waals surface area contributed by atoms with Gasteiger partial charge in [-0.1, -0.05) is 0 Å². The fraction of sp³-hybridized carbons (Fsp3) is 0.385. The van der Waals surface area contributed by atoms with Crippen LogP contribution in [0.25, 0.3) is 10.9 Å². The Morgan fingerprint density at radius 1 is 1.32 bits per heavy atom. The number of phenolic OH excluding ortho intramolecular Hbond substituents is 1. The Hall–Kier alpha value is -1.69. The lowest BCUT2D eigenvalue weighted by atomic mass is 10.1. The molecule has 0 aliphatic heterocycles. The average molecular weight is 272 g/mol. The number of nitrogens with one attached hydrogen (secondary N) is 2. The van der Waals surface area contributed by atoms with Crippen LogP contribution in [0.1, 0.15) is 12.5 Å². The lowest BCUT2D eigenvalue weighted by Gasteiger charge is -2.16. The average Bonchev–Trinajstić information content (AvgIpc) is 2.71. The van der Waals surface area contributed by atoms with Crippen LogP contribution in [0.4, 0.5) is 13.2 Å². The number of aromatic amines is 1. The third-order valence-electron chi connectivity index (χ3n) is 2.94. The van der Waals surface area contributed by atoms with E-state index in [0.29, 0.717) is 6.42 Å². The second-order valence-corrected chi connectivity index (χ2v) is 4.55. The first kappa shape index (κ1) is 13.7. The quantitative estimate of drug-likeness (QED) is 0.733. The molecule has 0 fully saturated rings. The van der Waals surface area contributed by atoms with Gasteiger partial charge in [0, 0.05) is 23.1 Å². The van der Waals surface area contributed by atoms with Gasteiger partial charge in [-0.3, -0.25) is 5.32 Å². The maximum absolute atomic E-state index is 12.9. The number of fused-ring (bicyclic) bond motifs is 1. The molecule has 0 bridgehead atoms. The van der Waals surface area contributed by atoms with Crippen molar-refractivity contribution in [1.29, 1.82) is 0 Å². The number of hydrogen-bond acceptors (Lipinski definition) is 2. The summed E-state index contributed by atoms with van der Waals surface area (Å²) in [6, 6.07) is 4.43. The molecule has 1 aromatic carbocycles. The first-order valence-electron chi connectivity index (χ1n) is 5.94. The Morgan fingerprint density at radius 2 is 2.05 bits per heavy atom. The Morgan fingerprint density at radius 3 is 2.74 bits per heavy atom. The van der Waals surface area contributed by atoms with Crippen LogP contribution in [-0.2, 0) is 6.42 Å². The van der Waals surface area contributed by atoms with E-state index in [-0.39, 0.29) is 5.75 Å². The van der Waals surface area contributed by atoms with Gasteiger partial charge in [0.15, 0.2) is 0 Å². The summed E-state index contributed by atoms with van der Waals surface area (Å²) in [5.41, 5.74) is 1.68. The third-order valence-corrected chi connectivity index (χ3v) is 2.94. The number of H-pyrrole nitrogens is 1. The normalized spacial score (nSPS) is 15.0. The van der Waals surface area contributed by atoms with Crippen molar-refractivity contribution in [2.45, 2.75) is 32.1 Å². The standard InChI is InChI=1S/C13H15F3N2O/c1-7(18-13(16)12(14)15)4-8-6-17-11-3-2-9(19)5-10(8)11/h2-3,5-7,12-13,17-19H,4H2,1H3/t7-,13?/m1/s1. The zero-order valence-electron chi connectivity index (χ0n) is 10.3. The molecule has 6 heteroatoms. The number of aromatic nitrogens is 1. The number of aromatic hydroxyl groups is 1. The van der Waals surface area contributed by atoms with Gasteiger partial charge in [0.1, 0.15) is 5.75 Å². The molecule has 104 valence electrons. The maximum Gasteiger partial charge on any atom is 0.282 e. The molecule has 3 nitrogen and oxygen atoms in total. The van der Waals surface area contributed by atoms with Crippen molar-refractivity contribution in [3.05, 3.63) is 30.0 Å². The van der Waals surface area contributed by atoms with Crippen LogP contribution < -0.4 is 5.32 Å². The van der Waals surface area contributed by atoms with Crippen LogP contribution >= 0.6 is 0 Å². The van der Waals surface area contributed by atoms with Gasteiger partial charge in [-0.05, 0) is 37.1 Å². The minimum atomic E-state index is -3.03. The van der Waals surface area contributed by atoms with Gasteiger partial charge in [0.2, 0.25) is 6.30 Å². The molecule has 0 aliphatic rings. The van der Waals surface area contributed by atoms with E-state index in [2.05, 4.69) is 10.3 Å².